The van der Waals surface area contributed by atoms with E-state index in [2.05, 4.69) is 33.2 Å². The number of nitrogens with one attached hydrogen (secondary N) is 1. The highest BCUT2D eigenvalue weighted by molar-refractivity contribution is 9.10. The summed E-state index contributed by atoms with van der Waals surface area (Å²) in [6, 6.07) is 11.9. The number of hydrogen-bond donors (Lipinski definition) is 1. The van der Waals surface area contributed by atoms with Gasteiger partial charge in [0.05, 0.1) is 10.2 Å². The lowest BCUT2D eigenvalue weighted by Gasteiger charge is -2.09. The van der Waals surface area contributed by atoms with Crippen molar-refractivity contribution in [3.05, 3.63) is 63.2 Å². The summed E-state index contributed by atoms with van der Waals surface area (Å²) in [6.45, 7) is 3.87. The Morgan fingerprint density at radius 1 is 1.26 bits per heavy atom. The summed E-state index contributed by atoms with van der Waals surface area (Å²) in [5, 5.41) is 3.24. The number of amides is 1. The molecule has 3 rings (SSSR count). The topological polar surface area (TPSA) is 51.2 Å². The molecule has 0 spiro atoms. The van der Waals surface area contributed by atoms with Crippen LogP contribution in [-0.4, -0.2) is 17.5 Å². The molecule has 1 aromatic heterocycles. The van der Waals surface area contributed by atoms with E-state index in [1.54, 1.807) is 12.1 Å². The number of carbonyl (C=O) groups excluding carboxylic acids is 1. The third kappa shape index (κ3) is 4.93. The third-order valence-corrected chi connectivity index (χ3v) is 5.43. The summed E-state index contributed by atoms with van der Waals surface area (Å²) >= 11 is 4.82. The van der Waals surface area contributed by atoms with Gasteiger partial charge in [0.2, 0.25) is 0 Å². The van der Waals surface area contributed by atoms with Crippen LogP contribution in [0.15, 0.2) is 46.9 Å². The Hall–Kier alpha value is -2.25. The number of anilines is 1. The summed E-state index contributed by atoms with van der Waals surface area (Å²) in [5.41, 5.74) is 2.72. The van der Waals surface area contributed by atoms with E-state index in [1.807, 2.05) is 25.1 Å². The van der Waals surface area contributed by atoms with Gasteiger partial charge in [-0.1, -0.05) is 13.0 Å². The van der Waals surface area contributed by atoms with E-state index in [4.69, 9.17) is 4.74 Å². The van der Waals surface area contributed by atoms with Crippen LogP contribution in [0.4, 0.5) is 9.52 Å². The maximum Gasteiger partial charge on any atom is 0.264 e. The fraction of sp³-hybridized carbons (Fsp3) is 0.200. The summed E-state index contributed by atoms with van der Waals surface area (Å²) in [5.74, 6) is 0.0287. The van der Waals surface area contributed by atoms with Crippen LogP contribution in [-0.2, 0) is 11.2 Å². The maximum absolute atomic E-state index is 13.1. The fourth-order valence-corrected chi connectivity index (χ4v) is 3.90. The largest absolute Gasteiger partial charge is 0.483 e. The second-order valence-corrected chi connectivity index (χ2v) is 7.94. The van der Waals surface area contributed by atoms with Gasteiger partial charge in [-0.05, 0) is 71.2 Å². The van der Waals surface area contributed by atoms with Gasteiger partial charge in [0.25, 0.3) is 5.91 Å². The Bertz CT molecular complexity index is 957. The smallest absolute Gasteiger partial charge is 0.264 e. The molecular weight excluding hydrogens is 431 g/mol. The highest BCUT2D eigenvalue weighted by atomic mass is 79.9. The predicted octanol–water partition coefficient (Wildman–Crippen LogP) is 5.60. The number of benzene rings is 2. The van der Waals surface area contributed by atoms with Crippen LogP contribution >= 0.6 is 27.3 Å². The highest BCUT2D eigenvalue weighted by Crippen LogP contribution is 2.30. The molecular formula is C20H18BrFN2O2S. The zero-order chi connectivity index (χ0) is 19.4. The lowest BCUT2D eigenvalue weighted by Crippen LogP contribution is -2.20. The summed E-state index contributed by atoms with van der Waals surface area (Å²) < 4.78 is 19.5. The molecule has 140 valence electrons. The Balaban J connectivity index is 1.63. The first kappa shape index (κ1) is 19.5. The molecule has 0 aliphatic rings. The van der Waals surface area contributed by atoms with Crippen LogP contribution in [0.3, 0.4) is 0 Å². The van der Waals surface area contributed by atoms with Crippen LogP contribution in [0, 0.1) is 12.7 Å². The summed E-state index contributed by atoms with van der Waals surface area (Å²) in [6.07, 6.45) is 0.930. The van der Waals surface area contributed by atoms with Gasteiger partial charge in [0.1, 0.15) is 11.6 Å². The first-order valence-electron chi connectivity index (χ1n) is 8.40. The number of thiazole rings is 1. The number of aromatic nitrogens is 1. The Morgan fingerprint density at radius 2 is 2.00 bits per heavy atom. The lowest BCUT2D eigenvalue weighted by atomic mass is 10.1. The Kier molecular flexibility index (Phi) is 6.23. The van der Waals surface area contributed by atoms with Gasteiger partial charge in [-0.2, -0.15) is 0 Å². The van der Waals surface area contributed by atoms with Crippen LogP contribution < -0.4 is 10.1 Å². The van der Waals surface area contributed by atoms with Crippen LogP contribution in [0.1, 0.15) is 17.4 Å². The molecule has 2 aromatic carbocycles. The maximum atomic E-state index is 13.1. The number of halogens is 2. The number of carbonyl (C=O) groups is 1. The number of hydrogen-bond acceptors (Lipinski definition) is 4. The molecule has 0 aliphatic heterocycles. The van der Waals surface area contributed by atoms with Gasteiger partial charge in [-0.15, -0.1) is 11.3 Å². The molecule has 4 nitrogen and oxygen atoms in total. The van der Waals surface area contributed by atoms with Crippen LogP contribution in [0.2, 0.25) is 0 Å². The Labute approximate surface area is 169 Å². The number of nitrogens with zero attached hydrogens (tertiary/aromatic N) is 1. The van der Waals surface area contributed by atoms with Crippen molar-refractivity contribution >= 4 is 38.3 Å². The lowest BCUT2D eigenvalue weighted by molar-refractivity contribution is -0.118. The monoisotopic (exact) mass is 448 g/mol. The van der Waals surface area contributed by atoms with Crippen molar-refractivity contribution in [3.63, 3.8) is 0 Å². The standard InChI is InChI=1S/C20H18BrFN2O2S/c1-3-13-4-9-17(16(21)10-13)26-11-18(25)23-20-24-19(12(2)27-20)14-5-7-15(22)8-6-14/h4-10H,3,11H2,1-2H3,(H,23,24,25). The molecule has 27 heavy (non-hydrogen) atoms. The molecule has 0 fully saturated rings. The second kappa shape index (κ2) is 8.63. The molecule has 0 bridgehead atoms. The molecule has 0 radical (unpaired) electrons. The van der Waals surface area contributed by atoms with E-state index >= 15 is 0 Å². The van der Waals surface area contributed by atoms with Crippen molar-refractivity contribution in [3.8, 4) is 17.0 Å². The molecule has 1 amide bonds. The van der Waals surface area contributed by atoms with Crippen molar-refractivity contribution in [1.82, 2.24) is 4.98 Å². The number of ether oxygens (including phenoxy) is 1. The van der Waals surface area contributed by atoms with Gasteiger partial charge in [0.15, 0.2) is 11.7 Å². The molecule has 0 unspecified atom stereocenters. The molecule has 0 saturated carbocycles. The van der Waals surface area contributed by atoms with E-state index in [-0.39, 0.29) is 18.3 Å². The minimum atomic E-state index is -0.296. The van der Waals surface area contributed by atoms with E-state index in [9.17, 15) is 9.18 Å². The zero-order valence-electron chi connectivity index (χ0n) is 14.9. The van der Waals surface area contributed by atoms with Gasteiger partial charge < -0.3 is 4.74 Å². The molecule has 0 aliphatic carbocycles. The van der Waals surface area contributed by atoms with Crippen molar-refractivity contribution in [2.75, 3.05) is 11.9 Å². The first-order valence-corrected chi connectivity index (χ1v) is 10.0. The van der Waals surface area contributed by atoms with Crippen molar-refractivity contribution in [2.24, 2.45) is 0 Å². The second-order valence-electron chi connectivity index (χ2n) is 5.89. The average Bonchev–Trinajstić information content (AvgIpc) is 3.01. The molecule has 0 saturated heterocycles. The molecule has 3 aromatic rings. The normalized spacial score (nSPS) is 10.7. The Morgan fingerprint density at radius 3 is 2.67 bits per heavy atom. The van der Waals surface area contributed by atoms with E-state index < -0.39 is 0 Å². The number of aryl methyl sites for hydroxylation is 2. The van der Waals surface area contributed by atoms with Crippen molar-refractivity contribution < 1.29 is 13.9 Å². The van der Waals surface area contributed by atoms with Gasteiger partial charge >= 0.3 is 0 Å². The van der Waals surface area contributed by atoms with E-state index in [0.29, 0.717) is 10.9 Å². The third-order valence-electron chi connectivity index (χ3n) is 3.92. The zero-order valence-corrected chi connectivity index (χ0v) is 17.3. The van der Waals surface area contributed by atoms with Gasteiger partial charge in [0, 0.05) is 10.4 Å². The van der Waals surface area contributed by atoms with E-state index in [0.717, 1.165) is 27.0 Å². The van der Waals surface area contributed by atoms with Crippen LogP contribution in [0.5, 0.6) is 5.75 Å². The van der Waals surface area contributed by atoms with Gasteiger partial charge in [-0.25, -0.2) is 9.37 Å². The quantitative estimate of drug-likeness (QED) is 0.533. The SMILES string of the molecule is CCc1ccc(OCC(=O)Nc2nc(-c3ccc(F)cc3)c(C)s2)c(Br)c1. The fourth-order valence-electron chi connectivity index (χ4n) is 2.51. The molecule has 0 atom stereocenters. The first-order chi connectivity index (χ1) is 13.0. The molecule has 7 heteroatoms. The molecule has 1 heterocycles. The van der Waals surface area contributed by atoms with Crippen molar-refractivity contribution in [2.45, 2.75) is 20.3 Å². The molecule has 1 N–H and O–H groups in total. The minimum Gasteiger partial charge on any atom is -0.483 e. The summed E-state index contributed by atoms with van der Waals surface area (Å²) in [7, 11) is 0. The van der Waals surface area contributed by atoms with Crippen molar-refractivity contribution in [1.29, 1.82) is 0 Å². The average molecular weight is 449 g/mol. The highest BCUT2D eigenvalue weighted by Gasteiger charge is 2.13. The van der Waals surface area contributed by atoms with Gasteiger partial charge in [-0.3, -0.25) is 10.1 Å². The summed E-state index contributed by atoms with van der Waals surface area (Å²) in [4.78, 5) is 17.6. The number of rotatable bonds is 6. The van der Waals surface area contributed by atoms with Crippen LogP contribution in [0.25, 0.3) is 11.3 Å². The minimum absolute atomic E-state index is 0.116. The predicted molar refractivity (Wildman–Crippen MR) is 110 cm³/mol. The van der Waals surface area contributed by atoms with E-state index in [1.165, 1.54) is 29.0 Å².